The van der Waals surface area contributed by atoms with Gasteiger partial charge in [0, 0.05) is 0 Å². The number of nitrogens with one attached hydrogen (secondary N) is 1. The molecule has 2 heterocycles. The molecule has 7 heteroatoms. The van der Waals surface area contributed by atoms with E-state index in [1.165, 1.54) is 0 Å². The highest BCUT2D eigenvalue weighted by atomic mass is 16.6. The monoisotopic (exact) mass is 181 g/mol. The zero-order valence-corrected chi connectivity index (χ0v) is 6.89. The molecule has 2 rings (SSSR count). The summed E-state index contributed by atoms with van der Waals surface area (Å²) in [7, 11) is 0. The first-order valence-electron chi connectivity index (χ1n) is 3.62. The summed E-state index contributed by atoms with van der Waals surface area (Å²) in [6.07, 6.45) is 1.70. The van der Waals surface area contributed by atoms with Gasteiger partial charge in [-0.3, -0.25) is 4.52 Å². The number of H-pyrrole nitrogens is 1. The Bertz CT molecular complexity index is 368. The maximum Gasteiger partial charge on any atom is 0.417 e. The standard InChI is InChI=1S/C6H7N5O2/c1-4-8-6(13-10-4)12-3-5-2-7-11-9-5/h2H,3H2,1H3,(H,7,9,11). The number of rotatable bonds is 3. The quantitative estimate of drug-likeness (QED) is 0.720. The minimum Gasteiger partial charge on any atom is -0.442 e. The van der Waals surface area contributed by atoms with Crippen molar-refractivity contribution < 1.29 is 9.26 Å². The minimum atomic E-state index is 0.139. The van der Waals surface area contributed by atoms with E-state index in [9.17, 15) is 0 Å². The van der Waals surface area contributed by atoms with Crippen molar-refractivity contribution in [1.82, 2.24) is 25.6 Å². The van der Waals surface area contributed by atoms with Crippen molar-refractivity contribution in [2.75, 3.05) is 0 Å². The van der Waals surface area contributed by atoms with E-state index in [4.69, 9.17) is 9.26 Å². The highest BCUT2D eigenvalue weighted by molar-refractivity contribution is 4.92. The van der Waals surface area contributed by atoms with Crippen molar-refractivity contribution in [1.29, 1.82) is 0 Å². The van der Waals surface area contributed by atoms with E-state index in [-0.39, 0.29) is 12.7 Å². The number of aryl methyl sites for hydroxylation is 1. The Labute approximate surface area is 73.1 Å². The van der Waals surface area contributed by atoms with E-state index in [1.54, 1.807) is 13.1 Å². The van der Waals surface area contributed by atoms with Crippen LogP contribution < -0.4 is 4.74 Å². The average molecular weight is 181 g/mol. The molecule has 0 aliphatic rings. The van der Waals surface area contributed by atoms with Crippen LogP contribution in [0.5, 0.6) is 6.08 Å². The van der Waals surface area contributed by atoms with E-state index < -0.39 is 0 Å². The Morgan fingerprint density at radius 3 is 3.15 bits per heavy atom. The summed E-state index contributed by atoms with van der Waals surface area (Å²) in [5, 5.41) is 13.4. The van der Waals surface area contributed by atoms with E-state index in [0.717, 1.165) is 0 Å². The fourth-order valence-electron chi connectivity index (χ4n) is 0.767. The maximum atomic E-state index is 5.11. The summed E-state index contributed by atoms with van der Waals surface area (Å²) in [6.45, 7) is 1.98. The second-order valence-corrected chi connectivity index (χ2v) is 2.36. The molecule has 0 aliphatic heterocycles. The molecule has 0 bridgehead atoms. The van der Waals surface area contributed by atoms with E-state index >= 15 is 0 Å². The molecule has 0 aromatic carbocycles. The molecule has 7 nitrogen and oxygen atoms in total. The van der Waals surface area contributed by atoms with E-state index in [1.807, 2.05) is 0 Å². The molecule has 2 aromatic rings. The first-order valence-corrected chi connectivity index (χ1v) is 3.62. The van der Waals surface area contributed by atoms with Crippen LogP contribution in [0.1, 0.15) is 11.5 Å². The predicted octanol–water partition coefficient (Wildman–Crippen LogP) is 0.0751. The molecule has 0 amide bonds. The lowest BCUT2D eigenvalue weighted by molar-refractivity contribution is 0.192. The van der Waals surface area contributed by atoms with Gasteiger partial charge >= 0.3 is 6.08 Å². The van der Waals surface area contributed by atoms with Crippen molar-refractivity contribution in [3.05, 3.63) is 17.7 Å². The molecule has 68 valence electrons. The van der Waals surface area contributed by atoms with Crippen molar-refractivity contribution >= 4 is 0 Å². The summed E-state index contributed by atoms with van der Waals surface area (Å²) in [6, 6.07) is 0. The fraction of sp³-hybridized carbons (Fsp3) is 0.333. The van der Waals surface area contributed by atoms with Crippen LogP contribution in [-0.2, 0) is 6.61 Å². The van der Waals surface area contributed by atoms with Gasteiger partial charge in [-0.15, -0.1) is 0 Å². The van der Waals surface area contributed by atoms with Crippen LogP contribution in [-0.4, -0.2) is 25.6 Å². The van der Waals surface area contributed by atoms with Crippen molar-refractivity contribution in [3.8, 4) is 6.08 Å². The molecule has 0 unspecified atom stereocenters. The lowest BCUT2D eigenvalue weighted by Gasteiger charge is -1.93. The smallest absolute Gasteiger partial charge is 0.417 e. The number of ether oxygens (including phenoxy) is 1. The first kappa shape index (κ1) is 7.71. The third-order valence-corrected chi connectivity index (χ3v) is 1.32. The molecule has 1 N–H and O–H groups in total. The molecule has 0 fully saturated rings. The van der Waals surface area contributed by atoms with Crippen LogP contribution in [0.15, 0.2) is 10.7 Å². The van der Waals surface area contributed by atoms with Crippen molar-refractivity contribution in [3.63, 3.8) is 0 Å². The normalized spacial score (nSPS) is 10.2. The van der Waals surface area contributed by atoms with Crippen LogP contribution in [0.2, 0.25) is 0 Å². The maximum absolute atomic E-state index is 5.11. The summed E-state index contributed by atoms with van der Waals surface area (Å²) in [5.74, 6) is 0.537. The number of hydrogen-bond acceptors (Lipinski definition) is 6. The van der Waals surface area contributed by atoms with Crippen LogP contribution in [0, 0.1) is 6.92 Å². The van der Waals surface area contributed by atoms with Crippen LogP contribution in [0.25, 0.3) is 0 Å². The second kappa shape index (κ2) is 3.21. The summed E-state index contributed by atoms with van der Waals surface area (Å²) in [4.78, 5) is 3.85. The fourth-order valence-corrected chi connectivity index (χ4v) is 0.767. The number of hydrogen-bond donors (Lipinski definition) is 1. The average Bonchev–Trinajstić information content (AvgIpc) is 2.71. The van der Waals surface area contributed by atoms with Gasteiger partial charge in [-0.1, -0.05) is 5.16 Å². The summed E-state index contributed by atoms with van der Waals surface area (Å²) in [5.41, 5.74) is 0.677. The summed E-state index contributed by atoms with van der Waals surface area (Å²) >= 11 is 0. The largest absolute Gasteiger partial charge is 0.442 e. The van der Waals surface area contributed by atoms with Gasteiger partial charge in [0.2, 0.25) is 0 Å². The van der Waals surface area contributed by atoms with Gasteiger partial charge in [0.25, 0.3) is 0 Å². The molecule has 2 aromatic heterocycles. The van der Waals surface area contributed by atoms with Gasteiger partial charge < -0.3 is 4.74 Å². The van der Waals surface area contributed by atoms with Crippen LogP contribution >= 0.6 is 0 Å². The van der Waals surface area contributed by atoms with Gasteiger partial charge in [-0.25, -0.2) is 0 Å². The van der Waals surface area contributed by atoms with Gasteiger partial charge in [0.15, 0.2) is 5.82 Å². The lowest BCUT2D eigenvalue weighted by atomic mass is 10.5. The molecule has 0 atom stereocenters. The molecule has 0 saturated heterocycles. The summed E-state index contributed by atoms with van der Waals surface area (Å²) < 4.78 is 9.83. The van der Waals surface area contributed by atoms with Gasteiger partial charge in [0.1, 0.15) is 12.3 Å². The Kier molecular flexibility index (Phi) is 1.91. The topological polar surface area (TPSA) is 89.7 Å². The lowest BCUT2D eigenvalue weighted by Crippen LogP contribution is -1.95. The molecular weight excluding hydrogens is 174 g/mol. The predicted molar refractivity (Wildman–Crippen MR) is 39.7 cm³/mol. The van der Waals surface area contributed by atoms with Crippen LogP contribution in [0.4, 0.5) is 0 Å². The Balaban J connectivity index is 1.93. The number of aromatic nitrogens is 5. The molecule has 13 heavy (non-hydrogen) atoms. The zero-order chi connectivity index (χ0) is 9.10. The van der Waals surface area contributed by atoms with Crippen molar-refractivity contribution in [2.45, 2.75) is 13.5 Å². The highest BCUT2D eigenvalue weighted by Crippen LogP contribution is 2.06. The zero-order valence-electron chi connectivity index (χ0n) is 6.89. The minimum absolute atomic E-state index is 0.139. The van der Waals surface area contributed by atoms with Crippen LogP contribution in [0.3, 0.4) is 0 Å². The molecular formula is C6H7N5O2. The highest BCUT2D eigenvalue weighted by Gasteiger charge is 2.04. The van der Waals surface area contributed by atoms with E-state index in [0.29, 0.717) is 11.5 Å². The second-order valence-electron chi connectivity index (χ2n) is 2.36. The molecule has 0 aliphatic carbocycles. The van der Waals surface area contributed by atoms with Gasteiger partial charge in [0.05, 0.1) is 6.20 Å². The van der Waals surface area contributed by atoms with Crippen molar-refractivity contribution in [2.24, 2.45) is 0 Å². The van der Waals surface area contributed by atoms with Gasteiger partial charge in [-0.05, 0) is 6.92 Å². The van der Waals surface area contributed by atoms with E-state index in [2.05, 4.69) is 25.6 Å². The Morgan fingerprint density at radius 1 is 1.62 bits per heavy atom. The SMILES string of the molecule is Cc1noc(OCc2cn[nH]n2)n1. The molecule has 0 saturated carbocycles. The number of aromatic amines is 1. The Hall–Kier alpha value is -1.92. The first-order chi connectivity index (χ1) is 6.34. The Morgan fingerprint density at radius 2 is 2.54 bits per heavy atom. The third-order valence-electron chi connectivity index (χ3n) is 1.32. The third kappa shape index (κ3) is 1.81. The van der Waals surface area contributed by atoms with Gasteiger partial charge in [-0.2, -0.15) is 20.4 Å². The number of nitrogens with zero attached hydrogens (tertiary/aromatic N) is 4. The molecule has 0 radical (unpaired) electrons. The molecule has 0 spiro atoms.